The van der Waals surface area contributed by atoms with Gasteiger partial charge in [-0.15, -0.1) is 11.8 Å². The summed E-state index contributed by atoms with van der Waals surface area (Å²) < 4.78 is 0. The third kappa shape index (κ3) is 4.30. The second-order valence-corrected chi connectivity index (χ2v) is 8.89. The highest BCUT2D eigenvalue weighted by Gasteiger charge is 2.24. The number of aryl methyl sites for hydroxylation is 1. The van der Waals surface area contributed by atoms with Gasteiger partial charge in [0, 0.05) is 33.9 Å². The van der Waals surface area contributed by atoms with Crippen molar-refractivity contribution in [3.63, 3.8) is 0 Å². The fraction of sp³-hybridized carbons (Fsp3) is 0.333. The van der Waals surface area contributed by atoms with E-state index in [-0.39, 0.29) is 22.5 Å². The van der Waals surface area contributed by atoms with Crippen LogP contribution in [0.4, 0.5) is 0 Å². The summed E-state index contributed by atoms with van der Waals surface area (Å²) in [5.41, 5.74) is 3.54. The van der Waals surface area contributed by atoms with Crippen molar-refractivity contribution in [2.24, 2.45) is 0 Å². The number of carbonyl (C=O) groups excluding carboxylic acids is 1. The molecule has 6 heteroatoms. The molecule has 4 nitrogen and oxygen atoms in total. The second kappa shape index (κ2) is 7.56. The van der Waals surface area contributed by atoms with Gasteiger partial charge in [0.1, 0.15) is 5.02 Å². The van der Waals surface area contributed by atoms with E-state index in [0.29, 0.717) is 12.1 Å². The van der Waals surface area contributed by atoms with Gasteiger partial charge in [0.05, 0.1) is 0 Å². The zero-order chi connectivity index (χ0) is 19.0. The van der Waals surface area contributed by atoms with Crippen molar-refractivity contribution < 1.29 is 4.79 Å². The number of hydrogen-bond acceptors (Lipinski definition) is 3. The van der Waals surface area contributed by atoms with E-state index < -0.39 is 0 Å². The van der Waals surface area contributed by atoms with Crippen LogP contribution < -0.4 is 10.9 Å². The summed E-state index contributed by atoms with van der Waals surface area (Å²) >= 11 is 7.84. The zero-order valence-electron chi connectivity index (χ0n) is 15.0. The largest absolute Gasteiger partial charge is 0.350 e. The molecule has 4 rings (SSSR count). The standard InChI is InChI=1S/C21H21ClN2O2S/c1-12-10-13(2-8-19(12)27-15-4-5-15)16(11-14-3-9-20(25)23-14)18-7-6-17(22)21(26)24-18/h2,6-8,10-11,14-15H,3-5,9H2,1H3,(H,23,25)(H,24,26)/t14-/m1/s1. The molecule has 1 saturated carbocycles. The SMILES string of the molecule is Cc1cc(C(=C[C@H]2CCC(=O)N2)c2ccc(Cl)c(=O)[nH]2)ccc1SC1CC1. The van der Waals surface area contributed by atoms with Crippen LogP contribution >= 0.6 is 23.4 Å². The number of amides is 1. The summed E-state index contributed by atoms with van der Waals surface area (Å²) in [6, 6.07) is 9.79. The molecule has 0 bridgehead atoms. The summed E-state index contributed by atoms with van der Waals surface area (Å²) in [5, 5.41) is 3.89. The molecule has 2 fully saturated rings. The van der Waals surface area contributed by atoms with Gasteiger partial charge in [-0.2, -0.15) is 0 Å². The van der Waals surface area contributed by atoms with Gasteiger partial charge in [0.15, 0.2) is 0 Å². The van der Waals surface area contributed by atoms with Crippen molar-refractivity contribution in [3.05, 3.63) is 68.6 Å². The number of thioether (sulfide) groups is 1. The molecule has 1 aliphatic heterocycles. The lowest BCUT2D eigenvalue weighted by Gasteiger charge is -2.14. The number of hydrogen-bond donors (Lipinski definition) is 2. The van der Waals surface area contributed by atoms with E-state index in [2.05, 4.69) is 35.4 Å². The third-order valence-electron chi connectivity index (χ3n) is 4.85. The first kappa shape index (κ1) is 18.4. The first-order valence-electron chi connectivity index (χ1n) is 9.17. The van der Waals surface area contributed by atoms with E-state index in [1.54, 1.807) is 6.07 Å². The molecule has 2 heterocycles. The first-order valence-corrected chi connectivity index (χ1v) is 10.4. The molecule has 1 aromatic carbocycles. The fourth-order valence-electron chi connectivity index (χ4n) is 3.23. The van der Waals surface area contributed by atoms with Crippen molar-refractivity contribution in [2.45, 2.75) is 48.8 Å². The lowest BCUT2D eigenvalue weighted by molar-refractivity contribution is -0.119. The zero-order valence-corrected chi connectivity index (χ0v) is 16.6. The average molecular weight is 401 g/mol. The summed E-state index contributed by atoms with van der Waals surface area (Å²) in [5.74, 6) is 0.0626. The number of H-pyrrole nitrogens is 1. The van der Waals surface area contributed by atoms with Crippen molar-refractivity contribution in [3.8, 4) is 0 Å². The van der Waals surface area contributed by atoms with Gasteiger partial charge in [0.25, 0.3) is 5.56 Å². The third-order valence-corrected chi connectivity index (χ3v) is 6.67. The topological polar surface area (TPSA) is 62.0 Å². The van der Waals surface area contributed by atoms with Crippen LogP contribution in [0.1, 0.15) is 42.5 Å². The highest BCUT2D eigenvalue weighted by molar-refractivity contribution is 8.00. The molecule has 1 amide bonds. The van der Waals surface area contributed by atoms with E-state index in [1.165, 1.54) is 23.3 Å². The molecule has 2 N–H and O–H groups in total. The molecule has 0 radical (unpaired) electrons. The number of aromatic nitrogens is 1. The Bertz CT molecular complexity index is 978. The molecule has 0 unspecified atom stereocenters. The monoisotopic (exact) mass is 400 g/mol. The molecule has 1 aliphatic carbocycles. The predicted molar refractivity (Wildman–Crippen MR) is 110 cm³/mol. The summed E-state index contributed by atoms with van der Waals surface area (Å²) in [4.78, 5) is 27.8. The van der Waals surface area contributed by atoms with Crippen molar-refractivity contribution in [2.75, 3.05) is 0 Å². The Kier molecular flexibility index (Phi) is 5.15. The lowest BCUT2D eigenvalue weighted by atomic mass is 9.97. The number of nitrogens with one attached hydrogen (secondary N) is 2. The maximum Gasteiger partial charge on any atom is 0.267 e. The van der Waals surface area contributed by atoms with Crippen LogP contribution in [0.2, 0.25) is 5.02 Å². The van der Waals surface area contributed by atoms with Gasteiger partial charge in [-0.1, -0.05) is 29.8 Å². The van der Waals surface area contributed by atoms with Crippen LogP contribution in [0.15, 0.2) is 46.1 Å². The Morgan fingerprint density at radius 2 is 2.00 bits per heavy atom. The maximum atomic E-state index is 12.0. The van der Waals surface area contributed by atoms with Gasteiger partial charge < -0.3 is 10.3 Å². The Labute approximate surface area is 167 Å². The molecule has 27 heavy (non-hydrogen) atoms. The molecule has 2 aromatic rings. The van der Waals surface area contributed by atoms with E-state index in [1.807, 2.05) is 23.9 Å². The second-order valence-electron chi connectivity index (χ2n) is 7.14. The molecule has 140 valence electrons. The summed E-state index contributed by atoms with van der Waals surface area (Å²) in [6.07, 6.45) is 5.91. The molecule has 0 spiro atoms. The summed E-state index contributed by atoms with van der Waals surface area (Å²) in [6.45, 7) is 2.12. The molecular formula is C21H21ClN2O2S. The van der Waals surface area contributed by atoms with E-state index in [9.17, 15) is 9.59 Å². The van der Waals surface area contributed by atoms with Crippen molar-refractivity contribution in [1.29, 1.82) is 0 Å². The molecular weight excluding hydrogens is 380 g/mol. The van der Waals surface area contributed by atoms with Crippen molar-refractivity contribution >= 4 is 34.8 Å². The number of rotatable bonds is 5. The lowest BCUT2D eigenvalue weighted by Crippen LogP contribution is -2.23. The number of halogens is 1. The smallest absolute Gasteiger partial charge is 0.267 e. The Hall–Kier alpha value is -1.98. The number of aromatic amines is 1. The Morgan fingerprint density at radius 3 is 2.63 bits per heavy atom. The first-order chi connectivity index (χ1) is 13.0. The molecule has 1 saturated heterocycles. The van der Waals surface area contributed by atoms with Crippen LogP contribution in [0, 0.1) is 6.92 Å². The highest BCUT2D eigenvalue weighted by Crippen LogP contribution is 2.41. The fourth-order valence-corrected chi connectivity index (χ4v) is 4.47. The number of pyridine rings is 1. The van der Waals surface area contributed by atoms with Crippen LogP contribution in [0.3, 0.4) is 0 Å². The van der Waals surface area contributed by atoms with Gasteiger partial charge in [-0.25, -0.2) is 0 Å². The van der Waals surface area contributed by atoms with E-state index in [4.69, 9.17) is 11.6 Å². The Morgan fingerprint density at radius 1 is 1.19 bits per heavy atom. The van der Waals surface area contributed by atoms with Crippen LogP contribution in [0.25, 0.3) is 5.57 Å². The van der Waals surface area contributed by atoms with Crippen molar-refractivity contribution in [1.82, 2.24) is 10.3 Å². The van der Waals surface area contributed by atoms with Gasteiger partial charge in [-0.3, -0.25) is 9.59 Å². The molecule has 1 aromatic heterocycles. The normalized spacial score (nSPS) is 20.0. The molecule has 2 aliphatic rings. The van der Waals surface area contributed by atoms with Gasteiger partial charge >= 0.3 is 0 Å². The van der Waals surface area contributed by atoms with Crippen LogP contribution in [-0.4, -0.2) is 22.2 Å². The van der Waals surface area contributed by atoms with E-state index in [0.717, 1.165) is 22.8 Å². The number of benzene rings is 1. The van der Waals surface area contributed by atoms with Gasteiger partial charge in [-0.05, 0) is 55.5 Å². The predicted octanol–water partition coefficient (Wildman–Crippen LogP) is 4.30. The minimum atomic E-state index is -0.312. The van der Waals surface area contributed by atoms with E-state index >= 15 is 0 Å². The number of carbonyl (C=O) groups is 1. The quantitative estimate of drug-likeness (QED) is 0.786. The summed E-state index contributed by atoms with van der Waals surface area (Å²) in [7, 11) is 0. The van der Waals surface area contributed by atoms with Crippen LogP contribution in [0.5, 0.6) is 0 Å². The average Bonchev–Trinajstić information content (AvgIpc) is 3.37. The Balaban J connectivity index is 1.73. The van der Waals surface area contributed by atoms with Crippen LogP contribution in [-0.2, 0) is 4.79 Å². The minimum Gasteiger partial charge on any atom is -0.350 e. The highest BCUT2D eigenvalue weighted by atomic mass is 35.5. The molecule has 1 atom stereocenters. The minimum absolute atomic E-state index is 0.0347. The maximum absolute atomic E-state index is 12.0. The van der Waals surface area contributed by atoms with Gasteiger partial charge in [0.2, 0.25) is 5.91 Å².